The number of rotatable bonds is 0. The molecule has 0 saturated carbocycles. The van der Waals surface area contributed by atoms with Gasteiger partial charge in [-0.05, 0) is 12.8 Å². The fraction of sp³-hybridized carbons (Fsp3) is 0.875. The Morgan fingerprint density at radius 3 is 3.09 bits per heavy atom. The molecule has 11 heavy (non-hydrogen) atoms. The summed E-state index contributed by atoms with van der Waals surface area (Å²) in [7, 11) is 0. The minimum Gasteiger partial charge on any atom is -0.352 e. The summed E-state index contributed by atoms with van der Waals surface area (Å²) in [5, 5.41) is 6.34. The Morgan fingerprint density at radius 2 is 2.18 bits per heavy atom. The molecule has 0 aromatic carbocycles. The summed E-state index contributed by atoms with van der Waals surface area (Å²) in [5.41, 5.74) is 0. The molecule has 2 rings (SSSR count). The van der Waals surface area contributed by atoms with Gasteiger partial charge in [0.15, 0.2) is 0 Å². The van der Waals surface area contributed by atoms with E-state index in [1.54, 1.807) is 0 Å². The van der Waals surface area contributed by atoms with E-state index in [1.807, 2.05) is 0 Å². The second kappa shape index (κ2) is 2.81. The van der Waals surface area contributed by atoms with Gasteiger partial charge in [0.1, 0.15) is 0 Å². The van der Waals surface area contributed by atoms with Crippen molar-refractivity contribution in [3.05, 3.63) is 0 Å². The van der Waals surface area contributed by atoms with E-state index in [0.717, 1.165) is 25.9 Å². The van der Waals surface area contributed by atoms with Gasteiger partial charge in [-0.1, -0.05) is 6.42 Å². The molecule has 0 unspecified atom stereocenters. The highest BCUT2D eigenvalue weighted by Crippen LogP contribution is 2.17. The molecule has 0 spiro atoms. The number of hydrogen-bond donors (Lipinski definition) is 2. The summed E-state index contributed by atoms with van der Waals surface area (Å²) in [5.74, 6) is 0.500. The molecule has 2 bridgehead atoms. The lowest BCUT2D eigenvalue weighted by Crippen LogP contribution is -2.37. The maximum atomic E-state index is 11.3. The van der Waals surface area contributed by atoms with Gasteiger partial charge in [-0.3, -0.25) is 4.79 Å². The van der Waals surface area contributed by atoms with E-state index in [1.165, 1.54) is 6.42 Å². The second-order valence-corrected chi connectivity index (χ2v) is 3.49. The van der Waals surface area contributed by atoms with Crippen molar-refractivity contribution in [2.75, 3.05) is 13.1 Å². The van der Waals surface area contributed by atoms with Gasteiger partial charge in [0.05, 0.1) is 5.92 Å². The van der Waals surface area contributed by atoms with Crippen molar-refractivity contribution in [1.82, 2.24) is 10.6 Å². The van der Waals surface area contributed by atoms with Gasteiger partial charge in [0, 0.05) is 19.1 Å². The van der Waals surface area contributed by atoms with Crippen LogP contribution in [0.25, 0.3) is 0 Å². The Balaban J connectivity index is 2.14. The summed E-state index contributed by atoms with van der Waals surface area (Å²) in [6, 6.07) is 0.398. The Bertz CT molecular complexity index is 159. The summed E-state index contributed by atoms with van der Waals surface area (Å²) >= 11 is 0. The van der Waals surface area contributed by atoms with E-state index in [-0.39, 0.29) is 11.8 Å². The quantitative estimate of drug-likeness (QED) is 0.510. The zero-order chi connectivity index (χ0) is 7.68. The van der Waals surface area contributed by atoms with Crippen molar-refractivity contribution in [2.24, 2.45) is 5.92 Å². The Hall–Kier alpha value is -0.570. The number of carbonyl (C=O) groups is 1. The molecule has 3 nitrogen and oxygen atoms in total. The third-order valence-corrected chi connectivity index (χ3v) is 2.60. The molecule has 62 valence electrons. The van der Waals surface area contributed by atoms with Crippen molar-refractivity contribution < 1.29 is 4.79 Å². The molecule has 2 fully saturated rings. The average Bonchev–Trinajstić information content (AvgIpc) is 2.16. The Labute approximate surface area is 66.5 Å². The third kappa shape index (κ3) is 1.38. The number of fused-ring (bicyclic) bond motifs is 3. The molecule has 2 aliphatic rings. The highest BCUT2D eigenvalue weighted by atomic mass is 16.2. The molecule has 2 heterocycles. The molecule has 2 aliphatic heterocycles. The number of carbonyl (C=O) groups excluding carboxylic acids is 1. The molecule has 0 aromatic rings. The summed E-state index contributed by atoms with van der Waals surface area (Å²) in [6.07, 6.45) is 3.42. The Kier molecular flexibility index (Phi) is 1.82. The van der Waals surface area contributed by atoms with Gasteiger partial charge < -0.3 is 10.6 Å². The van der Waals surface area contributed by atoms with Gasteiger partial charge in [-0.25, -0.2) is 0 Å². The molecule has 1 amide bonds. The topological polar surface area (TPSA) is 41.1 Å². The highest BCUT2D eigenvalue weighted by Gasteiger charge is 2.27. The second-order valence-electron chi connectivity index (χ2n) is 3.49. The van der Waals surface area contributed by atoms with Crippen LogP contribution in [0, 0.1) is 5.92 Å². The first kappa shape index (κ1) is 7.10. The molecule has 2 atom stereocenters. The van der Waals surface area contributed by atoms with Crippen molar-refractivity contribution in [2.45, 2.75) is 25.3 Å². The van der Waals surface area contributed by atoms with Crippen LogP contribution in [0.1, 0.15) is 19.3 Å². The van der Waals surface area contributed by atoms with Crippen molar-refractivity contribution >= 4 is 5.91 Å². The van der Waals surface area contributed by atoms with Gasteiger partial charge in [-0.15, -0.1) is 0 Å². The molecular weight excluding hydrogens is 140 g/mol. The van der Waals surface area contributed by atoms with Crippen LogP contribution in [0.4, 0.5) is 0 Å². The third-order valence-electron chi connectivity index (χ3n) is 2.60. The smallest absolute Gasteiger partial charge is 0.224 e. The minimum absolute atomic E-state index is 0.238. The van der Waals surface area contributed by atoms with Crippen LogP contribution in [0.15, 0.2) is 0 Å². The largest absolute Gasteiger partial charge is 0.352 e. The van der Waals surface area contributed by atoms with E-state index in [9.17, 15) is 4.79 Å². The predicted octanol–water partition coefficient (Wildman–Crippen LogP) is -0.126. The first-order valence-corrected chi connectivity index (χ1v) is 4.37. The van der Waals surface area contributed by atoms with E-state index in [4.69, 9.17) is 0 Å². The maximum absolute atomic E-state index is 11.3. The summed E-state index contributed by atoms with van der Waals surface area (Å²) in [4.78, 5) is 11.3. The normalized spacial score (nSPS) is 37.6. The molecule has 2 saturated heterocycles. The lowest BCUT2D eigenvalue weighted by molar-refractivity contribution is -0.124. The van der Waals surface area contributed by atoms with E-state index >= 15 is 0 Å². The molecule has 0 aliphatic carbocycles. The van der Waals surface area contributed by atoms with Crippen LogP contribution in [-0.4, -0.2) is 25.0 Å². The van der Waals surface area contributed by atoms with E-state index in [2.05, 4.69) is 10.6 Å². The first-order valence-electron chi connectivity index (χ1n) is 4.37. The fourth-order valence-corrected chi connectivity index (χ4v) is 1.91. The standard InChI is InChI=1S/C8H14N2O/c11-8-6-2-1-3-7(10-8)5-9-4-6/h6-7,9H,1-5H2,(H,10,11)/t6-,7+/m0/s1. The lowest BCUT2D eigenvalue weighted by atomic mass is 10.0. The van der Waals surface area contributed by atoms with Crippen molar-refractivity contribution in [3.8, 4) is 0 Å². The molecule has 3 heteroatoms. The zero-order valence-corrected chi connectivity index (χ0v) is 6.60. The van der Waals surface area contributed by atoms with Gasteiger partial charge in [-0.2, -0.15) is 0 Å². The molecule has 0 radical (unpaired) electrons. The first-order chi connectivity index (χ1) is 5.36. The highest BCUT2D eigenvalue weighted by molar-refractivity contribution is 5.79. The predicted molar refractivity (Wildman–Crippen MR) is 42.1 cm³/mol. The van der Waals surface area contributed by atoms with Gasteiger partial charge in [0.25, 0.3) is 0 Å². The average molecular weight is 154 g/mol. The lowest BCUT2D eigenvalue weighted by Gasteiger charge is -2.14. The fourth-order valence-electron chi connectivity index (χ4n) is 1.91. The minimum atomic E-state index is 0.238. The van der Waals surface area contributed by atoms with Crippen LogP contribution < -0.4 is 10.6 Å². The van der Waals surface area contributed by atoms with Crippen LogP contribution in [0.2, 0.25) is 0 Å². The van der Waals surface area contributed by atoms with Crippen molar-refractivity contribution in [1.29, 1.82) is 0 Å². The van der Waals surface area contributed by atoms with Crippen LogP contribution in [0.3, 0.4) is 0 Å². The molecular formula is C8H14N2O. The zero-order valence-electron chi connectivity index (χ0n) is 6.60. The van der Waals surface area contributed by atoms with Gasteiger partial charge >= 0.3 is 0 Å². The van der Waals surface area contributed by atoms with Crippen LogP contribution in [-0.2, 0) is 4.79 Å². The van der Waals surface area contributed by atoms with E-state index < -0.39 is 0 Å². The van der Waals surface area contributed by atoms with Crippen LogP contribution in [0.5, 0.6) is 0 Å². The molecule has 2 N–H and O–H groups in total. The SMILES string of the molecule is O=C1N[C@@H]2CCC[C@H]1CNC2. The van der Waals surface area contributed by atoms with Gasteiger partial charge in [0.2, 0.25) is 5.91 Å². The number of nitrogens with one attached hydrogen (secondary N) is 2. The monoisotopic (exact) mass is 154 g/mol. The summed E-state index contributed by atoms with van der Waals surface area (Å²) < 4.78 is 0. The van der Waals surface area contributed by atoms with E-state index in [0.29, 0.717) is 6.04 Å². The van der Waals surface area contributed by atoms with Crippen LogP contribution >= 0.6 is 0 Å². The summed E-state index contributed by atoms with van der Waals surface area (Å²) in [6.45, 7) is 1.84. The number of amides is 1. The van der Waals surface area contributed by atoms with Crippen molar-refractivity contribution in [3.63, 3.8) is 0 Å². The molecule has 0 aromatic heterocycles. The maximum Gasteiger partial charge on any atom is 0.224 e. The Morgan fingerprint density at radius 1 is 1.27 bits per heavy atom. The number of hydrogen-bond acceptors (Lipinski definition) is 2.